The van der Waals surface area contributed by atoms with E-state index in [-0.39, 0.29) is 52.7 Å². The first-order valence-electron chi connectivity index (χ1n) is 9.76. The summed E-state index contributed by atoms with van der Waals surface area (Å²) in [5.41, 5.74) is 0.485. The lowest BCUT2D eigenvalue weighted by Gasteiger charge is -2.07. The van der Waals surface area contributed by atoms with Gasteiger partial charge in [0.05, 0.1) is 31.5 Å². The highest BCUT2D eigenvalue weighted by Crippen LogP contribution is 2.33. The lowest BCUT2D eigenvalue weighted by molar-refractivity contribution is -0.114. The Balaban J connectivity index is 2.46. The Labute approximate surface area is 189 Å². The quantitative estimate of drug-likeness (QED) is 0.342. The smallest absolute Gasteiger partial charge is 0.348 e. The van der Waals surface area contributed by atoms with Gasteiger partial charge in [0.15, 0.2) is 17.3 Å². The van der Waals surface area contributed by atoms with Gasteiger partial charge in [-0.25, -0.2) is 9.59 Å². The molecule has 32 heavy (non-hydrogen) atoms. The highest BCUT2D eigenvalue weighted by Gasteiger charge is 2.28. The Kier molecular flexibility index (Phi) is 8.55. The first-order valence-corrected chi connectivity index (χ1v) is 10.6. The third-order valence-electron chi connectivity index (χ3n) is 4.45. The fourth-order valence-electron chi connectivity index (χ4n) is 2.95. The molecule has 8 nitrogen and oxygen atoms in total. The first kappa shape index (κ1) is 24.6. The number of nitrogens with zero attached hydrogens (tertiary/aromatic N) is 1. The summed E-state index contributed by atoms with van der Waals surface area (Å²) in [6.45, 7) is 5.17. The highest BCUT2D eigenvalue weighted by molar-refractivity contribution is 7.14. The molecule has 1 heterocycles. The van der Waals surface area contributed by atoms with Crippen molar-refractivity contribution in [2.75, 3.05) is 20.3 Å². The molecule has 0 aliphatic heterocycles. The van der Waals surface area contributed by atoms with Crippen molar-refractivity contribution in [1.29, 1.82) is 5.26 Å². The molecule has 9 heteroatoms. The number of nitriles is 1. The number of carbonyl (C=O) groups excluding carboxylic acids is 3. The van der Waals surface area contributed by atoms with Crippen molar-refractivity contribution in [1.82, 2.24) is 0 Å². The van der Waals surface area contributed by atoms with Gasteiger partial charge in [-0.05, 0) is 38.5 Å². The number of rotatable bonds is 9. The summed E-state index contributed by atoms with van der Waals surface area (Å²) in [5, 5.41) is 19.8. The van der Waals surface area contributed by atoms with E-state index in [4.69, 9.17) is 14.2 Å². The number of aromatic hydroxyl groups is 1. The van der Waals surface area contributed by atoms with Gasteiger partial charge in [-0.1, -0.05) is 12.1 Å². The van der Waals surface area contributed by atoms with Crippen molar-refractivity contribution in [3.05, 3.63) is 50.2 Å². The van der Waals surface area contributed by atoms with Crippen molar-refractivity contribution in [3.63, 3.8) is 0 Å². The average molecular weight is 458 g/mol. The summed E-state index contributed by atoms with van der Waals surface area (Å²) < 4.78 is 15.2. The molecule has 0 saturated heterocycles. The second-order valence-electron chi connectivity index (χ2n) is 6.46. The maximum atomic E-state index is 12.9. The van der Waals surface area contributed by atoms with Crippen LogP contribution < -0.4 is 4.74 Å². The van der Waals surface area contributed by atoms with E-state index >= 15 is 0 Å². The lowest BCUT2D eigenvalue weighted by atomic mass is 10.0. The molecular weight excluding hydrogens is 434 g/mol. The molecule has 0 radical (unpaired) electrons. The number of phenols is 1. The van der Waals surface area contributed by atoms with Crippen LogP contribution in [0.25, 0.3) is 6.08 Å². The number of esters is 2. The monoisotopic (exact) mass is 457 g/mol. The van der Waals surface area contributed by atoms with Crippen LogP contribution >= 0.6 is 11.3 Å². The van der Waals surface area contributed by atoms with Crippen LogP contribution in [-0.2, 0) is 20.7 Å². The molecule has 2 rings (SSSR count). The van der Waals surface area contributed by atoms with Gasteiger partial charge >= 0.3 is 11.9 Å². The minimum atomic E-state index is -0.660. The van der Waals surface area contributed by atoms with E-state index in [1.807, 2.05) is 6.07 Å². The fraction of sp³-hybridized carbons (Fsp3) is 0.304. The summed E-state index contributed by atoms with van der Waals surface area (Å²) in [4.78, 5) is 38.2. The molecule has 1 N–H and O–H groups in total. The zero-order valence-corrected chi connectivity index (χ0v) is 19.0. The first-order chi connectivity index (χ1) is 15.3. The highest BCUT2D eigenvalue weighted by atomic mass is 32.1. The molecule has 168 valence electrons. The van der Waals surface area contributed by atoms with Crippen LogP contribution in [0.15, 0.2) is 23.8 Å². The summed E-state index contributed by atoms with van der Waals surface area (Å²) in [6, 6.07) is 6.51. The van der Waals surface area contributed by atoms with Crippen molar-refractivity contribution < 1.29 is 33.7 Å². The van der Waals surface area contributed by atoms with Gasteiger partial charge in [0.1, 0.15) is 10.9 Å². The lowest BCUT2D eigenvalue weighted by Crippen LogP contribution is -2.12. The van der Waals surface area contributed by atoms with Crippen LogP contribution in [0.3, 0.4) is 0 Å². The average Bonchev–Trinajstić information content (AvgIpc) is 3.09. The number of methoxy groups -OCH3 is 1. The minimum Gasteiger partial charge on any atom is -0.504 e. The van der Waals surface area contributed by atoms with E-state index in [1.54, 1.807) is 26.8 Å². The second-order valence-corrected chi connectivity index (χ2v) is 7.57. The number of phenolic OH excluding ortho intramolecular Hbond substituents is 1. The van der Waals surface area contributed by atoms with E-state index < -0.39 is 17.7 Å². The second kappa shape index (κ2) is 11.1. The Morgan fingerprint density at radius 3 is 2.41 bits per heavy atom. The molecule has 0 fully saturated rings. The Bertz CT molecular complexity index is 1110. The van der Waals surface area contributed by atoms with Crippen LogP contribution in [0.1, 0.15) is 49.9 Å². The van der Waals surface area contributed by atoms with Gasteiger partial charge < -0.3 is 19.3 Å². The maximum absolute atomic E-state index is 12.9. The molecule has 0 spiro atoms. The fourth-order valence-corrected chi connectivity index (χ4v) is 4.14. The number of hydrogen-bond acceptors (Lipinski definition) is 9. The molecule has 0 aliphatic rings. The topological polar surface area (TPSA) is 123 Å². The number of para-hydroxylation sites is 1. The zero-order chi connectivity index (χ0) is 23.8. The predicted octanol–water partition coefficient (Wildman–Crippen LogP) is 3.84. The summed E-state index contributed by atoms with van der Waals surface area (Å²) in [6.07, 6.45) is 0.945. The van der Waals surface area contributed by atoms with Gasteiger partial charge in [0.25, 0.3) is 0 Å². The van der Waals surface area contributed by atoms with Crippen LogP contribution in [0, 0.1) is 18.3 Å². The van der Waals surface area contributed by atoms with Crippen molar-refractivity contribution >= 4 is 35.1 Å². The normalized spacial score (nSPS) is 10.9. The molecule has 0 saturated carbocycles. The maximum Gasteiger partial charge on any atom is 0.348 e. The van der Waals surface area contributed by atoms with Gasteiger partial charge in [-0.2, -0.15) is 5.26 Å². The molecule has 0 amide bonds. The minimum absolute atomic E-state index is 0.120. The Hall–Kier alpha value is -3.64. The Morgan fingerprint density at radius 1 is 1.16 bits per heavy atom. The number of benzene rings is 1. The largest absolute Gasteiger partial charge is 0.504 e. The van der Waals surface area contributed by atoms with Crippen LogP contribution in [0.4, 0.5) is 0 Å². The number of carbonyl (C=O) groups is 3. The molecule has 1 aromatic heterocycles. The van der Waals surface area contributed by atoms with E-state index in [2.05, 4.69) is 0 Å². The van der Waals surface area contributed by atoms with E-state index in [9.17, 15) is 24.8 Å². The summed E-state index contributed by atoms with van der Waals surface area (Å²) >= 11 is 0.958. The van der Waals surface area contributed by atoms with Gasteiger partial charge in [-0.15, -0.1) is 11.3 Å². The predicted molar refractivity (Wildman–Crippen MR) is 118 cm³/mol. The van der Waals surface area contributed by atoms with Crippen molar-refractivity contribution in [2.45, 2.75) is 27.2 Å². The molecule has 2 aromatic rings. The van der Waals surface area contributed by atoms with Crippen LogP contribution in [0.2, 0.25) is 0 Å². The number of ketones is 1. The van der Waals surface area contributed by atoms with E-state index in [0.29, 0.717) is 10.4 Å². The Morgan fingerprint density at radius 2 is 1.81 bits per heavy atom. The molecule has 0 bridgehead atoms. The number of hydrogen-bond donors (Lipinski definition) is 1. The SMILES string of the molecule is CCOC(=O)c1sc(CC(=O)/C(C#N)=C/c2cccc(OC)c2O)c(C(=O)OCC)c1C. The summed E-state index contributed by atoms with van der Waals surface area (Å²) in [7, 11) is 1.38. The van der Waals surface area contributed by atoms with Gasteiger partial charge in [0, 0.05) is 16.9 Å². The molecule has 0 unspecified atom stereocenters. The third kappa shape index (κ3) is 5.34. The molecular formula is C23H23NO7S. The van der Waals surface area contributed by atoms with Gasteiger partial charge in [-0.3, -0.25) is 4.79 Å². The molecule has 1 aromatic carbocycles. The number of Topliss-reactive ketones (excluding diaryl/α,β-unsaturated/α-hetero) is 1. The van der Waals surface area contributed by atoms with Crippen LogP contribution in [0.5, 0.6) is 11.5 Å². The zero-order valence-electron chi connectivity index (χ0n) is 18.2. The molecule has 0 atom stereocenters. The third-order valence-corrected chi connectivity index (χ3v) is 5.72. The van der Waals surface area contributed by atoms with E-state index in [1.165, 1.54) is 25.3 Å². The number of ether oxygens (including phenoxy) is 3. The molecule has 0 aliphatic carbocycles. The van der Waals surface area contributed by atoms with Gasteiger partial charge in [0.2, 0.25) is 0 Å². The van der Waals surface area contributed by atoms with Crippen LogP contribution in [-0.4, -0.2) is 43.2 Å². The summed E-state index contributed by atoms with van der Waals surface area (Å²) in [5.74, 6) is -1.86. The number of allylic oxidation sites excluding steroid dienone is 1. The number of thiophene rings is 1. The standard InChI is InChI=1S/C23H23NO7S/c1-5-30-22(27)19-13(3)21(23(28)31-6-2)32-18(19)11-16(25)15(12-24)10-14-8-7-9-17(29-4)20(14)26/h7-10,26H,5-6,11H2,1-4H3/b15-10+. The van der Waals surface area contributed by atoms with Crippen molar-refractivity contribution in [2.24, 2.45) is 0 Å². The van der Waals surface area contributed by atoms with Crippen molar-refractivity contribution in [3.8, 4) is 17.6 Å². The van der Waals surface area contributed by atoms with E-state index in [0.717, 1.165) is 11.3 Å².